The zero-order valence-corrected chi connectivity index (χ0v) is 13.0. The first-order valence-corrected chi connectivity index (χ1v) is 7.36. The van der Waals surface area contributed by atoms with Crippen molar-refractivity contribution < 1.29 is 4.74 Å². The molecule has 0 radical (unpaired) electrons. The van der Waals surface area contributed by atoms with Crippen LogP contribution in [-0.2, 0) is 4.74 Å². The van der Waals surface area contributed by atoms with E-state index in [1.54, 1.807) is 6.20 Å². The third-order valence-electron chi connectivity index (χ3n) is 3.49. The highest BCUT2D eigenvalue weighted by molar-refractivity contribution is 5.87. The van der Waals surface area contributed by atoms with Gasteiger partial charge in [0.1, 0.15) is 5.82 Å². The molecule has 0 amide bonds. The normalized spacial score (nSPS) is 21.7. The van der Waals surface area contributed by atoms with Crippen LogP contribution >= 0.6 is 0 Å². The Morgan fingerprint density at radius 3 is 3.00 bits per heavy atom. The number of hydrogen-bond donors (Lipinski definition) is 2. The number of anilines is 2. The summed E-state index contributed by atoms with van der Waals surface area (Å²) in [6.07, 6.45) is 1.95. The predicted molar refractivity (Wildman–Crippen MR) is 82.7 cm³/mol. The topological polar surface area (TPSA) is 79.0 Å². The second-order valence-corrected chi connectivity index (χ2v) is 6.10. The lowest BCUT2D eigenvalue weighted by Gasteiger charge is -2.42. The van der Waals surface area contributed by atoms with E-state index in [1.165, 1.54) is 0 Å². The average molecular weight is 290 g/mol. The molecule has 3 rings (SSSR count). The summed E-state index contributed by atoms with van der Waals surface area (Å²) < 4.78 is 5.97. The molecule has 0 aliphatic carbocycles. The quantitative estimate of drug-likeness (QED) is 0.897. The molecule has 2 aromatic heterocycles. The number of nitrogens with one attached hydrogen (secondary N) is 2. The van der Waals surface area contributed by atoms with Crippen LogP contribution in [0.15, 0.2) is 6.20 Å². The molecule has 0 spiro atoms. The average Bonchev–Trinajstić information content (AvgIpc) is 2.83. The molecule has 1 saturated heterocycles. The Bertz CT molecular complexity index is 637. The summed E-state index contributed by atoms with van der Waals surface area (Å²) in [4.78, 5) is 11.4. The Morgan fingerprint density at radius 2 is 2.29 bits per heavy atom. The van der Waals surface area contributed by atoms with Crippen LogP contribution < -0.4 is 10.2 Å². The van der Waals surface area contributed by atoms with Crippen LogP contribution in [0.5, 0.6) is 0 Å². The number of morpholine rings is 1. The van der Waals surface area contributed by atoms with Crippen molar-refractivity contribution in [2.24, 2.45) is 0 Å². The van der Waals surface area contributed by atoms with Crippen LogP contribution in [-0.4, -0.2) is 51.5 Å². The minimum atomic E-state index is -0.197. The van der Waals surface area contributed by atoms with Crippen LogP contribution in [0.2, 0.25) is 0 Å². The third kappa shape index (κ3) is 2.78. The van der Waals surface area contributed by atoms with Gasteiger partial charge < -0.3 is 15.0 Å². The standard InChI is InChI=1S/C14H22N6O/c1-5-15-13-17-11-10(6-16-19-11)12(18-13)20-7-9(2)21-14(3,4)8-20/h6,9H,5,7-8H2,1-4H3,(H2,15,16,17,18,19). The second kappa shape index (κ2) is 5.14. The Hall–Kier alpha value is -1.89. The lowest BCUT2D eigenvalue weighted by molar-refractivity contribution is -0.0750. The molecule has 0 bridgehead atoms. The van der Waals surface area contributed by atoms with Crippen LogP contribution in [0.25, 0.3) is 11.0 Å². The SMILES string of the molecule is CCNc1nc(N2CC(C)OC(C)(C)C2)c2cn[nH]c2n1. The summed E-state index contributed by atoms with van der Waals surface area (Å²) >= 11 is 0. The molecule has 21 heavy (non-hydrogen) atoms. The van der Waals surface area contributed by atoms with Gasteiger partial charge in [-0.25, -0.2) is 0 Å². The summed E-state index contributed by atoms with van der Waals surface area (Å²) in [5.41, 5.74) is 0.560. The number of rotatable bonds is 3. The number of aromatic nitrogens is 4. The van der Waals surface area contributed by atoms with Gasteiger partial charge in [-0.2, -0.15) is 15.1 Å². The van der Waals surface area contributed by atoms with Crippen LogP contribution in [0, 0.1) is 0 Å². The van der Waals surface area contributed by atoms with Crippen molar-refractivity contribution in [2.75, 3.05) is 29.9 Å². The maximum Gasteiger partial charge on any atom is 0.226 e. The summed E-state index contributed by atoms with van der Waals surface area (Å²) in [6.45, 7) is 10.7. The van der Waals surface area contributed by atoms with Crippen molar-refractivity contribution >= 4 is 22.8 Å². The molecule has 0 aromatic carbocycles. The van der Waals surface area contributed by atoms with E-state index in [1.807, 2.05) is 6.92 Å². The smallest absolute Gasteiger partial charge is 0.226 e. The van der Waals surface area contributed by atoms with E-state index in [0.717, 1.165) is 36.5 Å². The first-order valence-electron chi connectivity index (χ1n) is 7.36. The number of hydrogen-bond acceptors (Lipinski definition) is 6. The summed E-state index contributed by atoms with van der Waals surface area (Å²) in [5, 5.41) is 11.1. The van der Waals surface area contributed by atoms with Crippen molar-refractivity contribution in [2.45, 2.75) is 39.4 Å². The van der Waals surface area contributed by atoms with E-state index in [4.69, 9.17) is 4.74 Å². The van der Waals surface area contributed by atoms with Crippen molar-refractivity contribution in [3.8, 4) is 0 Å². The van der Waals surface area contributed by atoms with Gasteiger partial charge in [0.25, 0.3) is 0 Å². The van der Waals surface area contributed by atoms with Gasteiger partial charge in [0, 0.05) is 19.6 Å². The zero-order chi connectivity index (χ0) is 15.0. The third-order valence-corrected chi connectivity index (χ3v) is 3.49. The van der Waals surface area contributed by atoms with Gasteiger partial charge in [-0.05, 0) is 27.7 Å². The fraction of sp³-hybridized carbons (Fsp3) is 0.643. The first kappa shape index (κ1) is 14.1. The van der Waals surface area contributed by atoms with E-state index in [0.29, 0.717) is 5.95 Å². The van der Waals surface area contributed by atoms with Crippen molar-refractivity contribution in [1.29, 1.82) is 0 Å². The highest BCUT2D eigenvalue weighted by Crippen LogP contribution is 2.29. The molecule has 2 N–H and O–H groups in total. The van der Waals surface area contributed by atoms with Gasteiger partial charge in [-0.15, -0.1) is 0 Å². The van der Waals surface area contributed by atoms with Crippen LogP contribution in [0.1, 0.15) is 27.7 Å². The van der Waals surface area contributed by atoms with E-state index in [-0.39, 0.29) is 11.7 Å². The van der Waals surface area contributed by atoms with Gasteiger partial charge in [-0.3, -0.25) is 5.10 Å². The van der Waals surface area contributed by atoms with Gasteiger partial charge in [-0.1, -0.05) is 0 Å². The highest BCUT2D eigenvalue weighted by atomic mass is 16.5. The minimum absolute atomic E-state index is 0.160. The Balaban J connectivity index is 2.03. The molecular formula is C14H22N6O. The van der Waals surface area contributed by atoms with Crippen molar-refractivity contribution in [3.63, 3.8) is 0 Å². The molecule has 1 aliphatic heterocycles. The van der Waals surface area contributed by atoms with Crippen molar-refractivity contribution in [1.82, 2.24) is 20.2 Å². The van der Waals surface area contributed by atoms with Gasteiger partial charge in [0.15, 0.2) is 5.65 Å². The molecule has 1 atom stereocenters. The lowest BCUT2D eigenvalue weighted by atomic mass is 10.1. The van der Waals surface area contributed by atoms with Gasteiger partial charge in [0.05, 0.1) is 23.3 Å². The summed E-state index contributed by atoms with van der Waals surface area (Å²) in [5.74, 6) is 1.54. The number of fused-ring (bicyclic) bond motifs is 1. The molecule has 114 valence electrons. The van der Waals surface area contributed by atoms with Crippen LogP contribution in [0.3, 0.4) is 0 Å². The monoisotopic (exact) mass is 290 g/mol. The molecule has 7 nitrogen and oxygen atoms in total. The summed E-state index contributed by atoms with van der Waals surface area (Å²) in [7, 11) is 0. The Kier molecular flexibility index (Phi) is 3.44. The second-order valence-electron chi connectivity index (χ2n) is 6.10. The van der Waals surface area contributed by atoms with Crippen molar-refractivity contribution in [3.05, 3.63) is 6.20 Å². The Labute approximate surface area is 124 Å². The Morgan fingerprint density at radius 1 is 1.48 bits per heavy atom. The fourth-order valence-corrected chi connectivity index (χ4v) is 2.91. The predicted octanol–water partition coefficient (Wildman–Crippen LogP) is 1.79. The maximum atomic E-state index is 5.97. The molecule has 1 fully saturated rings. The van der Waals surface area contributed by atoms with E-state index >= 15 is 0 Å². The van der Waals surface area contributed by atoms with E-state index < -0.39 is 0 Å². The molecule has 0 saturated carbocycles. The zero-order valence-electron chi connectivity index (χ0n) is 13.0. The van der Waals surface area contributed by atoms with E-state index in [9.17, 15) is 0 Å². The highest BCUT2D eigenvalue weighted by Gasteiger charge is 2.33. The number of aromatic amines is 1. The molecule has 1 aliphatic rings. The summed E-state index contributed by atoms with van der Waals surface area (Å²) in [6, 6.07) is 0. The van der Waals surface area contributed by atoms with Crippen LogP contribution in [0.4, 0.5) is 11.8 Å². The maximum absolute atomic E-state index is 5.97. The fourth-order valence-electron chi connectivity index (χ4n) is 2.91. The molecule has 1 unspecified atom stereocenters. The van der Waals surface area contributed by atoms with Gasteiger partial charge >= 0.3 is 0 Å². The number of ether oxygens (including phenoxy) is 1. The molecule has 2 aromatic rings. The number of nitrogens with zero attached hydrogens (tertiary/aromatic N) is 4. The molecule has 3 heterocycles. The van der Waals surface area contributed by atoms with E-state index in [2.05, 4.69) is 51.2 Å². The lowest BCUT2D eigenvalue weighted by Crippen LogP contribution is -2.52. The minimum Gasteiger partial charge on any atom is -0.369 e. The number of H-pyrrole nitrogens is 1. The van der Waals surface area contributed by atoms with Gasteiger partial charge in [0.2, 0.25) is 5.95 Å². The first-order chi connectivity index (χ1) is 9.98. The molecular weight excluding hydrogens is 268 g/mol. The largest absolute Gasteiger partial charge is 0.369 e. The molecule has 7 heteroatoms.